The normalized spacial score (nSPS) is 20.5. The maximum atomic E-state index is 11.4. The molecule has 1 aromatic heterocycles. The number of hydrogen-bond donors (Lipinski definition) is 2. The second kappa shape index (κ2) is 5.50. The van der Waals surface area contributed by atoms with E-state index >= 15 is 0 Å². The summed E-state index contributed by atoms with van der Waals surface area (Å²) >= 11 is 0. The zero-order valence-electron chi connectivity index (χ0n) is 11.4. The van der Waals surface area contributed by atoms with Crippen LogP contribution in [0.5, 0.6) is 0 Å². The molecular formula is C15H12N2O5. The first-order valence-electron chi connectivity index (χ1n) is 6.63. The van der Waals surface area contributed by atoms with Gasteiger partial charge in [-0.1, -0.05) is 24.3 Å². The predicted octanol–water partition coefficient (Wildman–Crippen LogP) is -1.14. The monoisotopic (exact) mass is 300 g/mol. The van der Waals surface area contributed by atoms with E-state index in [4.69, 9.17) is 9.84 Å². The third kappa shape index (κ3) is 2.10. The number of nitrogens with one attached hydrogen (secondary N) is 1. The first-order valence-corrected chi connectivity index (χ1v) is 6.63. The molecule has 0 spiro atoms. The number of benzene rings is 1. The Balaban J connectivity index is 2.29. The molecule has 1 aliphatic rings. The summed E-state index contributed by atoms with van der Waals surface area (Å²) in [5.74, 6) is 3.69. The molecule has 3 rings (SSSR count). The van der Waals surface area contributed by atoms with Gasteiger partial charge in [0.15, 0.2) is 11.9 Å². The van der Waals surface area contributed by atoms with Crippen LogP contribution < -0.4 is 16.0 Å². The number of carbonyl (C=O) groups excluding carboxylic acids is 2. The highest BCUT2D eigenvalue weighted by atomic mass is 16.5. The molecule has 2 aromatic rings. The van der Waals surface area contributed by atoms with Gasteiger partial charge in [0.2, 0.25) is 0 Å². The third-order valence-electron chi connectivity index (χ3n) is 3.80. The zero-order chi connectivity index (χ0) is 15.7. The van der Waals surface area contributed by atoms with Gasteiger partial charge in [-0.15, -0.1) is 0 Å². The molecule has 1 aromatic carbocycles. The van der Waals surface area contributed by atoms with E-state index in [0.717, 1.165) is 0 Å². The van der Waals surface area contributed by atoms with Crippen molar-refractivity contribution in [2.75, 3.05) is 13.2 Å². The van der Waals surface area contributed by atoms with Gasteiger partial charge >= 0.3 is 6.09 Å². The fraction of sp³-hybridized carbons (Fsp3) is 0.267. The van der Waals surface area contributed by atoms with Gasteiger partial charge < -0.3 is 19.7 Å². The van der Waals surface area contributed by atoms with Gasteiger partial charge in [0.25, 0.3) is 0 Å². The molecule has 0 radical (unpaired) electrons. The zero-order valence-corrected chi connectivity index (χ0v) is 11.4. The molecular weight excluding hydrogens is 288 g/mol. The topological polar surface area (TPSA) is 97.6 Å². The summed E-state index contributed by atoms with van der Waals surface area (Å²) < 4.78 is 6.78. The van der Waals surface area contributed by atoms with E-state index in [-0.39, 0.29) is 23.9 Å². The average molecular weight is 300 g/mol. The van der Waals surface area contributed by atoms with Crippen molar-refractivity contribution < 1.29 is 24.2 Å². The van der Waals surface area contributed by atoms with E-state index in [1.165, 1.54) is 4.57 Å². The number of nitrogens with zero attached hydrogens (tertiary/aromatic N) is 1. The summed E-state index contributed by atoms with van der Waals surface area (Å²) in [5.41, 5.74) is 0. The third-order valence-corrected chi connectivity index (χ3v) is 3.80. The van der Waals surface area contributed by atoms with Crippen LogP contribution in [0.15, 0.2) is 24.3 Å². The molecule has 2 N–H and O–H groups in total. The van der Waals surface area contributed by atoms with Crippen LogP contribution in [0.25, 0.3) is 10.8 Å². The van der Waals surface area contributed by atoms with Gasteiger partial charge in [0, 0.05) is 10.8 Å². The molecule has 0 bridgehead atoms. The molecule has 1 aliphatic heterocycles. The van der Waals surface area contributed by atoms with Crippen molar-refractivity contribution >= 4 is 28.7 Å². The number of rotatable bonds is 2. The number of fused-ring (bicyclic) bond motifs is 1. The Morgan fingerprint density at radius 1 is 1.18 bits per heavy atom. The van der Waals surface area contributed by atoms with Crippen molar-refractivity contribution in [2.45, 2.75) is 12.1 Å². The van der Waals surface area contributed by atoms with Crippen molar-refractivity contribution in [3.63, 3.8) is 0 Å². The van der Waals surface area contributed by atoms with E-state index in [1.807, 2.05) is 11.9 Å². The second-order valence-electron chi connectivity index (χ2n) is 4.98. The standard InChI is InChI=1S/C15H12N2O5/c18-5-12-9-3-1-2-4-10(9)13(6-19)17(12)14-8-22-7-11(14)16-15(20)21/h1-4,11,14,16H,7-8H2,(H,20,21)/t11-,14+/m0/s1. The lowest BCUT2D eigenvalue weighted by molar-refractivity contribution is 0.174. The largest absolute Gasteiger partial charge is 0.465 e. The van der Waals surface area contributed by atoms with E-state index in [2.05, 4.69) is 5.32 Å². The minimum Gasteiger partial charge on any atom is -0.465 e. The van der Waals surface area contributed by atoms with Crippen molar-refractivity contribution in [3.8, 4) is 0 Å². The number of carboxylic acid groups (broad SMARTS) is 1. The van der Waals surface area contributed by atoms with Gasteiger partial charge in [-0.2, -0.15) is 0 Å². The summed E-state index contributed by atoms with van der Waals surface area (Å²) in [7, 11) is 0. The average Bonchev–Trinajstić information content (AvgIpc) is 3.07. The van der Waals surface area contributed by atoms with E-state index < -0.39 is 18.2 Å². The maximum absolute atomic E-state index is 11.4. The first kappa shape index (κ1) is 14.1. The number of hydrogen-bond acceptors (Lipinski definition) is 4. The summed E-state index contributed by atoms with van der Waals surface area (Å²) in [4.78, 5) is 33.7. The molecule has 112 valence electrons. The van der Waals surface area contributed by atoms with Crippen LogP contribution in [-0.2, 0) is 14.3 Å². The fourth-order valence-electron chi connectivity index (χ4n) is 2.90. The van der Waals surface area contributed by atoms with Gasteiger partial charge in [0.1, 0.15) is 10.7 Å². The van der Waals surface area contributed by atoms with E-state index in [9.17, 15) is 14.4 Å². The number of ether oxygens (including phenoxy) is 1. The lowest BCUT2D eigenvalue weighted by Crippen LogP contribution is -2.45. The number of aromatic nitrogens is 1. The molecule has 22 heavy (non-hydrogen) atoms. The maximum Gasteiger partial charge on any atom is 0.405 e. The smallest absolute Gasteiger partial charge is 0.405 e. The molecule has 1 amide bonds. The van der Waals surface area contributed by atoms with Crippen molar-refractivity contribution in [2.24, 2.45) is 0 Å². The Hall–Kier alpha value is -2.85. The number of amides is 1. The van der Waals surface area contributed by atoms with Gasteiger partial charge in [0.05, 0.1) is 25.3 Å². The lowest BCUT2D eigenvalue weighted by atomic mass is 10.1. The highest BCUT2D eigenvalue weighted by Gasteiger charge is 2.33. The molecule has 7 heteroatoms. The van der Waals surface area contributed by atoms with Crippen molar-refractivity contribution in [1.82, 2.24) is 9.88 Å². The molecule has 1 saturated heterocycles. The van der Waals surface area contributed by atoms with Gasteiger partial charge in [-0.3, -0.25) is 0 Å². The minimum atomic E-state index is -1.19. The quantitative estimate of drug-likeness (QED) is 0.730. The fourth-order valence-corrected chi connectivity index (χ4v) is 2.90. The summed E-state index contributed by atoms with van der Waals surface area (Å²) in [5, 5.41) is 12.8. The Morgan fingerprint density at radius 2 is 1.77 bits per heavy atom. The van der Waals surface area contributed by atoms with Crippen molar-refractivity contribution in [3.05, 3.63) is 35.0 Å². The summed E-state index contributed by atoms with van der Waals surface area (Å²) in [6.07, 6.45) is -1.19. The van der Waals surface area contributed by atoms with Crippen LogP contribution in [0.4, 0.5) is 4.79 Å². The van der Waals surface area contributed by atoms with E-state index in [0.29, 0.717) is 10.8 Å². The second-order valence-corrected chi connectivity index (χ2v) is 4.98. The van der Waals surface area contributed by atoms with E-state index in [1.54, 1.807) is 24.3 Å². The Kier molecular flexibility index (Phi) is 3.53. The van der Waals surface area contributed by atoms with Gasteiger partial charge in [-0.25, -0.2) is 14.4 Å². The van der Waals surface area contributed by atoms with Crippen LogP contribution in [-0.4, -0.2) is 46.9 Å². The highest BCUT2D eigenvalue weighted by Crippen LogP contribution is 2.18. The molecule has 2 heterocycles. The summed E-state index contributed by atoms with van der Waals surface area (Å²) in [6.45, 7) is 0.359. The predicted molar refractivity (Wildman–Crippen MR) is 75.6 cm³/mol. The molecule has 2 atom stereocenters. The van der Waals surface area contributed by atoms with Crippen LogP contribution in [0.2, 0.25) is 0 Å². The SMILES string of the molecule is O=C=c1c2ccccc2c(=C=O)n1[C@@H]1COC[C@@H]1NC(=O)O. The molecule has 0 aliphatic carbocycles. The minimum absolute atomic E-state index is 0.169. The Labute approximate surface area is 124 Å². The van der Waals surface area contributed by atoms with Crippen LogP contribution in [0.1, 0.15) is 6.04 Å². The van der Waals surface area contributed by atoms with Crippen LogP contribution in [0, 0.1) is 0 Å². The number of carbonyl (C=O) groups is 1. The highest BCUT2D eigenvalue weighted by molar-refractivity contribution is 5.88. The molecule has 7 nitrogen and oxygen atoms in total. The Bertz CT molecular complexity index is 849. The molecule has 0 saturated carbocycles. The Morgan fingerprint density at radius 3 is 2.27 bits per heavy atom. The molecule has 1 fully saturated rings. The van der Waals surface area contributed by atoms with Gasteiger partial charge in [-0.05, 0) is 0 Å². The van der Waals surface area contributed by atoms with Crippen molar-refractivity contribution in [1.29, 1.82) is 0 Å². The van der Waals surface area contributed by atoms with Crippen LogP contribution in [0.3, 0.4) is 0 Å². The summed E-state index contributed by atoms with van der Waals surface area (Å²) in [6, 6.07) is 5.86. The lowest BCUT2D eigenvalue weighted by Gasteiger charge is -2.18. The van der Waals surface area contributed by atoms with Crippen LogP contribution >= 0.6 is 0 Å². The first-order chi connectivity index (χ1) is 10.7. The molecule has 0 unspecified atom stereocenters.